The standard InChI is InChI=1S/C12H22N2O3/c1-16-7-5-13-11(15)8-14-10-4-6-17-12(10)9-2-3-9/h9-10,12,14H,2-8H2,1H3,(H,13,15). The summed E-state index contributed by atoms with van der Waals surface area (Å²) in [5.41, 5.74) is 0. The Bertz CT molecular complexity index is 256. The molecule has 0 aromatic heterocycles. The highest BCUT2D eigenvalue weighted by Gasteiger charge is 2.40. The molecule has 1 saturated heterocycles. The van der Waals surface area contributed by atoms with Crippen molar-refractivity contribution in [2.45, 2.75) is 31.4 Å². The lowest BCUT2D eigenvalue weighted by molar-refractivity contribution is -0.120. The molecule has 2 unspecified atom stereocenters. The first-order valence-corrected chi connectivity index (χ1v) is 6.42. The first-order chi connectivity index (χ1) is 8.31. The molecule has 5 nitrogen and oxygen atoms in total. The summed E-state index contributed by atoms with van der Waals surface area (Å²) in [6.07, 6.45) is 3.92. The van der Waals surface area contributed by atoms with Crippen LogP contribution in [0.2, 0.25) is 0 Å². The third kappa shape index (κ3) is 3.94. The third-order valence-electron chi connectivity index (χ3n) is 3.38. The van der Waals surface area contributed by atoms with E-state index in [1.165, 1.54) is 12.8 Å². The van der Waals surface area contributed by atoms with Gasteiger partial charge in [0.05, 0.1) is 19.3 Å². The maximum absolute atomic E-state index is 11.5. The minimum Gasteiger partial charge on any atom is -0.383 e. The summed E-state index contributed by atoms with van der Waals surface area (Å²) < 4.78 is 10.6. The monoisotopic (exact) mass is 242 g/mol. The molecule has 5 heteroatoms. The summed E-state index contributed by atoms with van der Waals surface area (Å²) in [5, 5.41) is 6.10. The van der Waals surface area contributed by atoms with E-state index in [0.29, 0.717) is 31.8 Å². The molecular formula is C12H22N2O3. The van der Waals surface area contributed by atoms with E-state index in [1.54, 1.807) is 7.11 Å². The van der Waals surface area contributed by atoms with Gasteiger partial charge in [0.15, 0.2) is 0 Å². The fraction of sp³-hybridized carbons (Fsp3) is 0.917. The first-order valence-electron chi connectivity index (χ1n) is 6.42. The van der Waals surface area contributed by atoms with E-state index in [-0.39, 0.29) is 5.91 Å². The molecule has 2 atom stereocenters. The smallest absolute Gasteiger partial charge is 0.234 e. The van der Waals surface area contributed by atoms with Gasteiger partial charge in [-0.15, -0.1) is 0 Å². The van der Waals surface area contributed by atoms with Crippen LogP contribution in [-0.4, -0.2) is 51.5 Å². The zero-order valence-electron chi connectivity index (χ0n) is 10.4. The number of methoxy groups -OCH3 is 1. The summed E-state index contributed by atoms with van der Waals surface area (Å²) in [5.74, 6) is 0.759. The Morgan fingerprint density at radius 3 is 2.94 bits per heavy atom. The van der Waals surface area contributed by atoms with Gasteiger partial charge in [0.2, 0.25) is 5.91 Å². The Kier molecular flexibility index (Phi) is 4.76. The first kappa shape index (κ1) is 12.8. The highest BCUT2D eigenvalue weighted by molar-refractivity contribution is 5.77. The molecule has 0 radical (unpaired) electrons. The average Bonchev–Trinajstić information content (AvgIpc) is 3.06. The van der Waals surface area contributed by atoms with Crippen LogP contribution in [0, 0.1) is 5.92 Å². The van der Waals surface area contributed by atoms with E-state index < -0.39 is 0 Å². The largest absolute Gasteiger partial charge is 0.383 e. The van der Waals surface area contributed by atoms with Crippen LogP contribution in [0.25, 0.3) is 0 Å². The molecule has 17 heavy (non-hydrogen) atoms. The molecule has 2 fully saturated rings. The predicted octanol–water partition coefficient (Wildman–Crippen LogP) is -0.0939. The Hall–Kier alpha value is -0.650. The van der Waals surface area contributed by atoms with Gasteiger partial charge in [0.1, 0.15) is 0 Å². The number of hydrogen-bond acceptors (Lipinski definition) is 4. The van der Waals surface area contributed by atoms with Crippen LogP contribution in [0.3, 0.4) is 0 Å². The minimum absolute atomic E-state index is 0.0310. The molecule has 1 amide bonds. The van der Waals surface area contributed by atoms with Crippen molar-refractivity contribution in [1.82, 2.24) is 10.6 Å². The van der Waals surface area contributed by atoms with Gasteiger partial charge in [-0.25, -0.2) is 0 Å². The van der Waals surface area contributed by atoms with Crippen molar-refractivity contribution in [1.29, 1.82) is 0 Å². The number of ether oxygens (including phenoxy) is 2. The normalized spacial score (nSPS) is 28.3. The Morgan fingerprint density at radius 2 is 2.24 bits per heavy atom. The zero-order valence-corrected chi connectivity index (χ0v) is 10.4. The lowest BCUT2D eigenvalue weighted by Gasteiger charge is -2.19. The van der Waals surface area contributed by atoms with Crippen LogP contribution in [0.5, 0.6) is 0 Å². The Labute approximate surface area is 102 Å². The van der Waals surface area contributed by atoms with Crippen molar-refractivity contribution >= 4 is 5.91 Å². The quantitative estimate of drug-likeness (QED) is 0.612. The van der Waals surface area contributed by atoms with Gasteiger partial charge in [-0.05, 0) is 25.2 Å². The number of carbonyl (C=O) groups excluding carboxylic acids is 1. The van der Waals surface area contributed by atoms with Crippen molar-refractivity contribution < 1.29 is 14.3 Å². The van der Waals surface area contributed by atoms with E-state index in [2.05, 4.69) is 10.6 Å². The third-order valence-corrected chi connectivity index (χ3v) is 3.38. The van der Waals surface area contributed by atoms with Crippen LogP contribution >= 0.6 is 0 Å². The summed E-state index contributed by atoms with van der Waals surface area (Å²) in [7, 11) is 1.63. The van der Waals surface area contributed by atoms with E-state index >= 15 is 0 Å². The number of hydrogen-bond donors (Lipinski definition) is 2. The van der Waals surface area contributed by atoms with Gasteiger partial charge in [0, 0.05) is 26.3 Å². The van der Waals surface area contributed by atoms with Gasteiger partial charge in [-0.2, -0.15) is 0 Å². The zero-order chi connectivity index (χ0) is 12.1. The molecule has 1 heterocycles. The van der Waals surface area contributed by atoms with Crippen LogP contribution in [-0.2, 0) is 14.3 Å². The molecule has 0 aromatic rings. The van der Waals surface area contributed by atoms with E-state index in [1.807, 2.05) is 0 Å². The lowest BCUT2D eigenvalue weighted by Crippen LogP contribution is -2.44. The van der Waals surface area contributed by atoms with Crippen LogP contribution in [0.15, 0.2) is 0 Å². The second-order valence-corrected chi connectivity index (χ2v) is 4.79. The predicted molar refractivity (Wildman–Crippen MR) is 63.8 cm³/mol. The van der Waals surface area contributed by atoms with Crippen LogP contribution < -0.4 is 10.6 Å². The van der Waals surface area contributed by atoms with E-state index in [0.717, 1.165) is 18.9 Å². The number of amides is 1. The number of carbonyl (C=O) groups is 1. The average molecular weight is 242 g/mol. The van der Waals surface area contributed by atoms with Gasteiger partial charge in [-0.3, -0.25) is 4.79 Å². The molecule has 1 aliphatic carbocycles. The highest BCUT2D eigenvalue weighted by atomic mass is 16.5. The SMILES string of the molecule is COCCNC(=O)CNC1CCOC1C1CC1. The summed E-state index contributed by atoms with van der Waals surface area (Å²) >= 11 is 0. The van der Waals surface area contributed by atoms with Crippen molar-refractivity contribution in [3.05, 3.63) is 0 Å². The van der Waals surface area contributed by atoms with E-state index in [9.17, 15) is 4.79 Å². The van der Waals surface area contributed by atoms with Gasteiger partial charge < -0.3 is 20.1 Å². The summed E-state index contributed by atoms with van der Waals surface area (Å²) in [6.45, 7) is 2.33. The Balaban J connectivity index is 1.61. The molecule has 2 aliphatic rings. The van der Waals surface area contributed by atoms with Crippen molar-refractivity contribution in [3.8, 4) is 0 Å². The molecule has 2 rings (SSSR count). The van der Waals surface area contributed by atoms with Crippen molar-refractivity contribution in [2.75, 3.05) is 33.4 Å². The highest BCUT2D eigenvalue weighted by Crippen LogP contribution is 2.38. The molecule has 0 spiro atoms. The minimum atomic E-state index is 0.0310. The molecule has 0 aromatic carbocycles. The fourth-order valence-corrected chi connectivity index (χ4v) is 2.30. The number of nitrogens with one attached hydrogen (secondary N) is 2. The van der Waals surface area contributed by atoms with Crippen molar-refractivity contribution in [2.24, 2.45) is 5.92 Å². The molecule has 1 saturated carbocycles. The Morgan fingerprint density at radius 1 is 1.41 bits per heavy atom. The van der Waals surface area contributed by atoms with Gasteiger partial charge in [0.25, 0.3) is 0 Å². The fourth-order valence-electron chi connectivity index (χ4n) is 2.30. The second kappa shape index (κ2) is 6.33. The lowest BCUT2D eigenvalue weighted by atomic mass is 10.1. The molecule has 1 aliphatic heterocycles. The molecular weight excluding hydrogens is 220 g/mol. The van der Waals surface area contributed by atoms with Gasteiger partial charge in [-0.1, -0.05) is 0 Å². The molecule has 98 valence electrons. The molecule has 0 bridgehead atoms. The second-order valence-electron chi connectivity index (χ2n) is 4.79. The number of rotatable bonds is 7. The molecule has 2 N–H and O–H groups in total. The maximum Gasteiger partial charge on any atom is 0.234 e. The van der Waals surface area contributed by atoms with Crippen molar-refractivity contribution in [3.63, 3.8) is 0 Å². The summed E-state index contributed by atoms with van der Waals surface area (Å²) in [6, 6.07) is 0.357. The topological polar surface area (TPSA) is 59.6 Å². The summed E-state index contributed by atoms with van der Waals surface area (Å²) in [4.78, 5) is 11.5. The van der Waals surface area contributed by atoms with Crippen LogP contribution in [0.1, 0.15) is 19.3 Å². The maximum atomic E-state index is 11.5. The van der Waals surface area contributed by atoms with E-state index in [4.69, 9.17) is 9.47 Å². The van der Waals surface area contributed by atoms with Crippen LogP contribution in [0.4, 0.5) is 0 Å². The van der Waals surface area contributed by atoms with Gasteiger partial charge >= 0.3 is 0 Å².